The van der Waals surface area contributed by atoms with E-state index >= 15 is 0 Å². The molecule has 0 bridgehead atoms. The fourth-order valence-corrected chi connectivity index (χ4v) is 4.79. The molecule has 1 N–H and O–H groups in total. The highest BCUT2D eigenvalue weighted by atomic mass is 16.5. The van der Waals surface area contributed by atoms with Gasteiger partial charge in [0.1, 0.15) is 6.61 Å². The van der Waals surface area contributed by atoms with Gasteiger partial charge in [-0.3, -0.25) is 19.8 Å². The number of hydrogen-bond acceptors (Lipinski definition) is 8. The van der Waals surface area contributed by atoms with Crippen LogP contribution in [0.1, 0.15) is 38.2 Å². The lowest BCUT2D eigenvalue weighted by molar-refractivity contribution is -0.146. The van der Waals surface area contributed by atoms with Crippen LogP contribution < -0.4 is 5.32 Å². The maximum Gasteiger partial charge on any atom is 0.325 e. The SMILES string of the molecule is CCCCCCN1C(N2CCN(CC(=O)OCc3ccccc3)CC2)=NC2C1C(=O)NC(=O)N2C. The maximum atomic E-state index is 12.7. The van der Waals surface area contributed by atoms with Crippen molar-refractivity contribution in [2.24, 2.45) is 4.99 Å². The number of carbonyl (C=O) groups excluding carboxylic acids is 3. The van der Waals surface area contributed by atoms with Gasteiger partial charge in [0.25, 0.3) is 5.91 Å². The van der Waals surface area contributed by atoms with Crippen molar-refractivity contribution in [1.29, 1.82) is 0 Å². The molecule has 10 nitrogen and oxygen atoms in total. The van der Waals surface area contributed by atoms with E-state index in [1.165, 1.54) is 4.90 Å². The largest absolute Gasteiger partial charge is 0.460 e. The number of esters is 1. The van der Waals surface area contributed by atoms with Gasteiger partial charge in [-0.05, 0) is 12.0 Å². The molecular weight excluding hydrogens is 448 g/mol. The molecule has 10 heteroatoms. The Morgan fingerprint density at radius 1 is 1.09 bits per heavy atom. The topological polar surface area (TPSA) is 97.8 Å². The van der Waals surface area contributed by atoms with Crippen LogP contribution in [0.2, 0.25) is 0 Å². The molecule has 35 heavy (non-hydrogen) atoms. The second-order valence-corrected chi connectivity index (χ2v) is 9.36. The van der Waals surface area contributed by atoms with Crippen LogP contribution in [0.25, 0.3) is 0 Å². The quantitative estimate of drug-likeness (QED) is 0.419. The Kier molecular flexibility index (Phi) is 8.22. The number of amides is 3. The lowest BCUT2D eigenvalue weighted by Gasteiger charge is -2.40. The number of carbonyl (C=O) groups is 3. The monoisotopic (exact) mass is 484 g/mol. The lowest BCUT2D eigenvalue weighted by Crippen LogP contribution is -2.64. The van der Waals surface area contributed by atoms with E-state index in [2.05, 4.69) is 26.9 Å². The summed E-state index contributed by atoms with van der Waals surface area (Å²) in [5.41, 5.74) is 0.970. The van der Waals surface area contributed by atoms with E-state index in [0.29, 0.717) is 26.2 Å². The molecule has 2 unspecified atom stereocenters. The van der Waals surface area contributed by atoms with Crippen LogP contribution in [-0.2, 0) is 20.9 Å². The van der Waals surface area contributed by atoms with Crippen LogP contribution in [0.4, 0.5) is 4.79 Å². The maximum absolute atomic E-state index is 12.7. The number of urea groups is 1. The van der Waals surface area contributed by atoms with Gasteiger partial charge < -0.3 is 19.4 Å². The van der Waals surface area contributed by atoms with E-state index in [-0.39, 0.29) is 25.0 Å². The number of nitrogens with zero attached hydrogens (tertiary/aromatic N) is 5. The first kappa shape index (κ1) is 25.0. The summed E-state index contributed by atoms with van der Waals surface area (Å²) in [6.07, 6.45) is 3.84. The zero-order valence-corrected chi connectivity index (χ0v) is 20.7. The summed E-state index contributed by atoms with van der Waals surface area (Å²) in [4.78, 5) is 49.9. The first-order chi connectivity index (χ1) is 17.0. The van der Waals surface area contributed by atoms with Crippen molar-refractivity contribution in [3.63, 3.8) is 0 Å². The second-order valence-electron chi connectivity index (χ2n) is 9.36. The van der Waals surface area contributed by atoms with Crippen LogP contribution in [0.5, 0.6) is 0 Å². The van der Waals surface area contributed by atoms with Gasteiger partial charge in [0.15, 0.2) is 18.2 Å². The third-order valence-electron chi connectivity index (χ3n) is 6.84. The minimum atomic E-state index is -0.511. The van der Waals surface area contributed by atoms with Gasteiger partial charge in [0.2, 0.25) is 0 Å². The Hall–Kier alpha value is -3.14. The van der Waals surface area contributed by atoms with Crippen molar-refractivity contribution in [3.8, 4) is 0 Å². The molecule has 2 fully saturated rings. The smallest absolute Gasteiger partial charge is 0.325 e. The van der Waals surface area contributed by atoms with Crippen molar-refractivity contribution < 1.29 is 19.1 Å². The van der Waals surface area contributed by atoms with Gasteiger partial charge in [-0.25, -0.2) is 9.79 Å². The highest BCUT2D eigenvalue weighted by molar-refractivity contribution is 6.03. The fourth-order valence-electron chi connectivity index (χ4n) is 4.79. The summed E-state index contributed by atoms with van der Waals surface area (Å²) in [5.74, 6) is 0.257. The number of rotatable bonds is 9. The van der Waals surface area contributed by atoms with Gasteiger partial charge in [0, 0.05) is 39.8 Å². The molecule has 2 saturated heterocycles. The van der Waals surface area contributed by atoms with Crippen molar-refractivity contribution in [2.75, 3.05) is 46.3 Å². The molecule has 1 aromatic carbocycles. The van der Waals surface area contributed by atoms with Crippen LogP contribution in [-0.4, -0.2) is 102 Å². The molecule has 3 heterocycles. The molecule has 2 atom stereocenters. The first-order valence-corrected chi connectivity index (χ1v) is 12.6. The molecule has 4 rings (SSSR count). The summed E-state index contributed by atoms with van der Waals surface area (Å²) in [7, 11) is 1.68. The molecule has 190 valence electrons. The average Bonchev–Trinajstić information content (AvgIpc) is 3.25. The molecule has 0 radical (unpaired) electrons. The summed E-state index contributed by atoms with van der Waals surface area (Å²) in [6, 6.07) is 8.74. The molecule has 3 amide bonds. The second kappa shape index (κ2) is 11.5. The molecule has 1 aromatic rings. The molecule has 0 saturated carbocycles. The standard InChI is InChI=1S/C25H36N6O4/c1-3-4-5-9-12-31-21-22(28(2)25(34)27-23(21)33)26-24(31)30-15-13-29(14-16-30)17-20(32)35-18-19-10-7-6-8-11-19/h6-8,10-11,21-22H,3-5,9,12-18H2,1-2H3,(H,27,33,34). The number of imide groups is 1. The predicted octanol–water partition coefficient (Wildman–Crippen LogP) is 1.48. The summed E-state index contributed by atoms with van der Waals surface area (Å²) in [6.45, 7) is 6.19. The number of hydrogen-bond donors (Lipinski definition) is 1. The summed E-state index contributed by atoms with van der Waals surface area (Å²) in [5, 5.41) is 2.46. The van der Waals surface area contributed by atoms with Crippen molar-refractivity contribution in [3.05, 3.63) is 35.9 Å². The minimum Gasteiger partial charge on any atom is -0.460 e. The third kappa shape index (κ3) is 5.93. The van der Waals surface area contributed by atoms with Crippen LogP contribution in [0.3, 0.4) is 0 Å². The van der Waals surface area contributed by atoms with Gasteiger partial charge in [-0.2, -0.15) is 0 Å². The molecule has 3 aliphatic heterocycles. The van der Waals surface area contributed by atoms with Crippen molar-refractivity contribution in [1.82, 2.24) is 24.9 Å². The molecular formula is C25H36N6O4. The van der Waals surface area contributed by atoms with Gasteiger partial charge in [-0.1, -0.05) is 56.5 Å². The predicted molar refractivity (Wildman–Crippen MR) is 131 cm³/mol. The number of fused-ring (bicyclic) bond motifs is 1. The first-order valence-electron chi connectivity index (χ1n) is 12.6. The van der Waals surface area contributed by atoms with Crippen molar-refractivity contribution in [2.45, 2.75) is 51.4 Å². The van der Waals surface area contributed by atoms with Gasteiger partial charge in [-0.15, -0.1) is 0 Å². The normalized spacial score (nSPS) is 22.7. The van der Waals surface area contributed by atoms with E-state index in [1.807, 2.05) is 30.3 Å². The number of nitrogens with one attached hydrogen (secondary N) is 1. The van der Waals surface area contributed by atoms with E-state index < -0.39 is 18.2 Å². The van der Waals surface area contributed by atoms with Crippen LogP contribution >= 0.6 is 0 Å². The molecule has 0 spiro atoms. The third-order valence-corrected chi connectivity index (χ3v) is 6.84. The number of unbranched alkanes of at least 4 members (excludes halogenated alkanes) is 3. The Bertz CT molecular complexity index is 931. The van der Waals surface area contributed by atoms with E-state index in [4.69, 9.17) is 9.73 Å². The van der Waals surface area contributed by atoms with Gasteiger partial charge in [0.05, 0.1) is 6.54 Å². The Morgan fingerprint density at radius 2 is 1.83 bits per heavy atom. The zero-order valence-electron chi connectivity index (χ0n) is 20.7. The van der Waals surface area contributed by atoms with E-state index in [1.54, 1.807) is 7.05 Å². The fraction of sp³-hybridized carbons (Fsp3) is 0.600. The lowest BCUT2D eigenvalue weighted by atomic mass is 10.1. The number of aliphatic imine (C=N–C) groups is 1. The molecule has 0 aliphatic carbocycles. The number of benzene rings is 1. The number of guanidine groups is 1. The van der Waals surface area contributed by atoms with Gasteiger partial charge >= 0.3 is 12.0 Å². The summed E-state index contributed by atoms with van der Waals surface area (Å²) < 4.78 is 5.43. The van der Waals surface area contributed by atoms with Crippen molar-refractivity contribution >= 4 is 23.9 Å². The van der Waals surface area contributed by atoms with Crippen LogP contribution in [0.15, 0.2) is 35.3 Å². The zero-order chi connectivity index (χ0) is 24.8. The highest BCUT2D eigenvalue weighted by Crippen LogP contribution is 2.26. The number of likely N-dealkylation sites (N-methyl/N-ethyl adjacent to an activating group) is 1. The van der Waals surface area contributed by atoms with Crippen LogP contribution in [0, 0.1) is 0 Å². The average molecular weight is 485 g/mol. The van der Waals surface area contributed by atoms with E-state index in [9.17, 15) is 14.4 Å². The number of ether oxygens (including phenoxy) is 1. The molecule has 3 aliphatic rings. The summed E-state index contributed by atoms with van der Waals surface area (Å²) >= 11 is 0. The Balaban J connectivity index is 1.34. The molecule has 0 aromatic heterocycles. The number of piperazine rings is 1. The Morgan fingerprint density at radius 3 is 2.54 bits per heavy atom. The highest BCUT2D eigenvalue weighted by Gasteiger charge is 2.49. The Labute approximate surface area is 206 Å². The van der Waals surface area contributed by atoms with E-state index in [0.717, 1.165) is 43.8 Å². The minimum absolute atomic E-state index is 0.235.